The number of anilines is 4. The minimum Gasteiger partial charge on any atom is -0.338 e. The minimum atomic E-state index is -0.265. The molecule has 0 unspecified atom stereocenters. The van der Waals surface area contributed by atoms with Crippen LogP contribution in [0.1, 0.15) is 0 Å². The van der Waals surface area contributed by atoms with Crippen molar-refractivity contribution in [1.29, 1.82) is 0 Å². The molecule has 0 fully saturated rings. The van der Waals surface area contributed by atoms with E-state index in [0.717, 1.165) is 22.4 Å². The Kier molecular flexibility index (Phi) is 5.11. The third-order valence-electron chi connectivity index (χ3n) is 4.21. The molecule has 142 valence electrons. The molecular formula is C19H19ClN7P. The van der Waals surface area contributed by atoms with Crippen LogP contribution < -0.4 is 15.9 Å². The Labute approximate surface area is 168 Å². The molecule has 0 atom stereocenters. The third-order valence-corrected chi connectivity index (χ3v) is 5.84. The summed E-state index contributed by atoms with van der Waals surface area (Å²) in [5.41, 5.74) is 2.60. The van der Waals surface area contributed by atoms with Gasteiger partial charge in [0.15, 0.2) is 11.5 Å². The first-order chi connectivity index (χ1) is 13.5. The Morgan fingerprint density at radius 1 is 1.04 bits per heavy atom. The van der Waals surface area contributed by atoms with Crippen LogP contribution in [0.5, 0.6) is 0 Å². The molecule has 1 aromatic carbocycles. The van der Waals surface area contributed by atoms with E-state index < -0.39 is 0 Å². The summed E-state index contributed by atoms with van der Waals surface area (Å²) in [5.74, 6) is 0.989. The average molecular weight is 412 g/mol. The van der Waals surface area contributed by atoms with Crippen LogP contribution in [-0.2, 0) is 7.05 Å². The van der Waals surface area contributed by atoms with Gasteiger partial charge in [-0.2, -0.15) is 10.1 Å². The van der Waals surface area contributed by atoms with Crippen molar-refractivity contribution < 1.29 is 0 Å². The summed E-state index contributed by atoms with van der Waals surface area (Å²) in [6, 6.07) is 10.1. The van der Waals surface area contributed by atoms with Gasteiger partial charge >= 0.3 is 0 Å². The third kappa shape index (κ3) is 3.77. The monoisotopic (exact) mass is 411 g/mol. The predicted molar refractivity (Wildman–Crippen MR) is 117 cm³/mol. The lowest BCUT2D eigenvalue weighted by molar-refractivity contribution is 0.786. The molecule has 0 radical (unpaired) electrons. The standard InChI is InChI=1S/C19H19ClN7P/c1-27-18-12(9-23-27)8-13(10-21-18)24-19-22-11-14(20)17(26-19)25-15-6-4-5-7-16(15)28(2)3/h4-11H,1-3H3,(H2,22,24,25,26). The molecule has 0 aliphatic rings. The van der Waals surface area contributed by atoms with E-state index in [0.29, 0.717) is 16.8 Å². The first-order valence-corrected chi connectivity index (χ1v) is 11.2. The fourth-order valence-electron chi connectivity index (χ4n) is 2.85. The van der Waals surface area contributed by atoms with Gasteiger partial charge in [0.25, 0.3) is 0 Å². The molecular weight excluding hydrogens is 393 g/mol. The molecule has 0 amide bonds. The molecule has 9 heteroatoms. The van der Waals surface area contributed by atoms with E-state index >= 15 is 0 Å². The van der Waals surface area contributed by atoms with Gasteiger partial charge in [-0.15, -0.1) is 0 Å². The number of rotatable bonds is 5. The molecule has 28 heavy (non-hydrogen) atoms. The minimum absolute atomic E-state index is 0.265. The largest absolute Gasteiger partial charge is 0.338 e. The van der Waals surface area contributed by atoms with Crippen molar-refractivity contribution in [2.24, 2.45) is 7.05 Å². The molecule has 4 rings (SSSR count). The van der Waals surface area contributed by atoms with Crippen molar-refractivity contribution in [1.82, 2.24) is 24.7 Å². The van der Waals surface area contributed by atoms with Crippen molar-refractivity contribution in [2.45, 2.75) is 0 Å². The molecule has 0 bridgehead atoms. The Hall–Kier alpha value is -2.76. The van der Waals surface area contributed by atoms with Gasteiger partial charge in [0.2, 0.25) is 5.95 Å². The van der Waals surface area contributed by atoms with Gasteiger partial charge in [0.05, 0.1) is 24.3 Å². The number of hydrogen-bond donors (Lipinski definition) is 2. The van der Waals surface area contributed by atoms with Crippen molar-refractivity contribution in [3.8, 4) is 0 Å². The highest BCUT2D eigenvalue weighted by molar-refractivity contribution is 7.64. The molecule has 7 nitrogen and oxygen atoms in total. The first-order valence-electron chi connectivity index (χ1n) is 8.62. The normalized spacial score (nSPS) is 11.2. The number of aromatic nitrogens is 5. The van der Waals surface area contributed by atoms with E-state index in [9.17, 15) is 0 Å². The summed E-state index contributed by atoms with van der Waals surface area (Å²) in [6.07, 6.45) is 5.08. The Bertz CT molecular complexity index is 1140. The summed E-state index contributed by atoms with van der Waals surface area (Å²) < 4.78 is 1.73. The molecule has 0 saturated carbocycles. The van der Waals surface area contributed by atoms with Crippen molar-refractivity contribution in [2.75, 3.05) is 24.0 Å². The van der Waals surface area contributed by atoms with Crippen molar-refractivity contribution >= 4 is 59.0 Å². The van der Waals surface area contributed by atoms with Crippen LogP contribution in [0.3, 0.4) is 0 Å². The van der Waals surface area contributed by atoms with Gasteiger partial charge in [0.1, 0.15) is 5.02 Å². The summed E-state index contributed by atoms with van der Waals surface area (Å²) in [5, 5.41) is 13.4. The highest BCUT2D eigenvalue weighted by atomic mass is 35.5. The molecule has 0 spiro atoms. The topological polar surface area (TPSA) is 80.5 Å². The summed E-state index contributed by atoms with van der Waals surface area (Å²) in [7, 11) is 1.59. The lowest BCUT2D eigenvalue weighted by Gasteiger charge is -2.15. The van der Waals surface area contributed by atoms with Crippen LogP contribution in [0.25, 0.3) is 11.0 Å². The molecule has 0 aliphatic carbocycles. The molecule has 3 aromatic heterocycles. The van der Waals surface area contributed by atoms with Gasteiger partial charge in [-0.1, -0.05) is 37.7 Å². The molecule has 0 saturated heterocycles. The molecule has 3 heterocycles. The number of para-hydroxylation sites is 1. The number of aryl methyl sites for hydroxylation is 1. The summed E-state index contributed by atoms with van der Waals surface area (Å²) >= 11 is 6.33. The number of nitrogens with one attached hydrogen (secondary N) is 2. The van der Waals surface area contributed by atoms with Crippen molar-refractivity contribution in [3.05, 3.63) is 53.9 Å². The van der Waals surface area contributed by atoms with Crippen LogP contribution in [0.15, 0.2) is 48.9 Å². The maximum atomic E-state index is 6.33. The second kappa shape index (κ2) is 7.70. The maximum absolute atomic E-state index is 6.33. The highest BCUT2D eigenvalue weighted by Gasteiger charge is 2.11. The van der Waals surface area contributed by atoms with Crippen molar-refractivity contribution in [3.63, 3.8) is 0 Å². The fourth-order valence-corrected chi connectivity index (χ4v) is 3.99. The van der Waals surface area contributed by atoms with E-state index in [1.165, 1.54) is 5.30 Å². The highest BCUT2D eigenvalue weighted by Crippen LogP contribution is 2.31. The lowest BCUT2D eigenvalue weighted by Crippen LogP contribution is -2.09. The van der Waals surface area contributed by atoms with Crippen LogP contribution in [0, 0.1) is 0 Å². The van der Waals surface area contributed by atoms with Gasteiger partial charge < -0.3 is 10.6 Å². The average Bonchev–Trinajstić information content (AvgIpc) is 3.05. The SMILES string of the molecule is Cn1ncc2cc(Nc3ncc(Cl)c(Nc4ccccc4P(C)C)n3)cnc21. The van der Waals surface area contributed by atoms with Crippen LogP contribution >= 0.6 is 19.5 Å². The van der Waals surface area contributed by atoms with Crippen LogP contribution in [-0.4, -0.2) is 38.1 Å². The Balaban J connectivity index is 1.61. The maximum Gasteiger partial charge on any atom is 0.229 e. The van der Waals surface area contributed by atoms with Gasteiger partial charge in [-0.3, -0.25) is 4.68 Å². The fraction of sp³-hybridized carbons (Fsp3) is 0.158. The lowest BCUT2D eigenvalue weighted by atomic mass is 10.3. The first kappa shape index (κ1) is 18.6. The zero-order valence-electron chi connectivity index (χ0n) is 15.7. The van der Waals surface area contributed by atoms with E-state index in [1.807, 2.05) is 31.3 Å². The number of fused-ring (bicyclic) bond motifs is 1. The Morgan fingerprint density at radius 3 is 2.68 bits per heavy atom. The van der Waals surface area contributed by atoms with E-state index in [2.05, 4.69) is 50.1 Å². The van der Waals surface area contributed by atoms with E-state index in [1.54, 1.807) is 23.3 Å². The quantitative estimate of drug-likeness (QED) is 0.477. The number of pyridine rings is 1. The summed E-state index contributed by atoms with van der Waals surface area (Å²) in [6.45, 7) is 4.43. The van der Waals surface area contributed by atoms with Gasteiger partial charge in [-0.25, -0.2) is 9.97 Å². The molecule has 0 aliphatic heterocycles. The number of nitrogens with zero attached hydrogens (tertiary/aromatic N) is 5. The van der Waals surface area contributed by atoms with E-state index in [4.69, 9.17) is 11.6 Å². The van der Waals surface area contributed by atoms with Gasteiger partial charge in [-0.05, 0) is 30.8 Å². The number of benzene rings is 1. The van der Waals surface area contributed by atoms with Crippen LogP contribution in [0.4, 0.5) is 23.1 Å². The zero-order chi connectivity index (χ0) is 19.7. The van der Waals surface area contributed by atoms with Crippen LogP contribution in [0.2, 0.25) is 5.02 Å². The second-order valence-corrected chi connectivity index (χ2v) is 9.13. The number of hydrogen-bond acceptors (Lipinski definition) is 6. The Morgan fingerprint density at radius 2 is 1.86 bits per heavy atom. The smallest absolute Gasteiger partial charge is 0.229 e. The molecule has 4 aromatic rings. The predicted octanol–water partition coefficient (Wildman–Crippen LogP) is 4.27. The second-order valence-electron chi connectivity index (χ2n) is 6.46. The zero-order valence-corrected chi connectivity index (χ0v) is 17.3. The number of halogens is 1. The molecule has 2 N–H and O–H groups in total. The summed E-state index contributed by atoms with van der Waals surface area (Å²) in [4.78, 5) is 13.2. The van der Waals surface area contributed by atoms with Gasteiger partial charge in [0, 0.05) is 18.1 Å². The van der Waals surface area contributed by atoms with E-state index in [-0.39, 0.29) is 7.92 Å².